The van der Waals surface area contributed by atoms with Crippen molar-refractivity contribution in [3.63, 3.8) is 0 Å². The Balaban J connectivity index is 0.00000338. The van der Waals surface area contributed by atoms with E-state index in [9.17, 15) is 4.39 Å². The van der Waals surface area contributed by atoms with Crippen LogP contribution in [0.3, 0.4) is 0 Å². The highest BCUT2D eigenvalue weighted by Crippen LogP contribution is 2.16. The van der Waals surface area contributed by atoms with E-state index in [1.165, 1.54) is 6.07 Å². The molecule has 0 aliphatic carbocycles. The maximum atomic E-state index is 13.8. The molecule has 0 bridgehead atoms. The summed E-state index contributed by atoms with van der Waals surface area (Å²) in [5, 5.41) is 6.49. The first-order chi connectivity index (χ1) is 12.0. The van der Waals surface area contributed by atoms with E-state index in [2.05, 4.69) is 25.6 Å². The van der Waals surface area contributed by atoms with Crippen LogP contribution in [0.25, 0.3) is 0 Å². The molecule has 0 aliphatic rings. The molecule has 0 aliphatic heterocycles. The van der Waals surface area contributed by atoms with Crippen molar-refractivity contribution in [2.24, 2.45) is 4.99 Å². The van der Waals surface area contributed by atoms with Gasteiger partial charge in [-0.25, -0.2) is 9.37 Å². The summed E-state index contributed by atoms with van der Waals surface area (Å²) in [6.45, 7) is 4.26. The van der Waals surface area contributed by atoms with Crippen molar-refractivity contribution in [2.45, 2.75) is 19.9 Å². The third kappa shape index (κ3) is 6.71. The first kappa shape index (κ1) is 22.6. The largest absolute Gasteiger partial charge is 0.372 e. The third-order valence-electron chi connectivity index (χ3n) is 3.86. The van der Waals surface area contributed by atoms with Gasteiger partial charge >= 0.3 is 0 Å². The fraction of sp³-hybridized carbons (Fsp3) is 0.444. The van der Waals surface area contributed by atoms with E-state index >= 15 is 0 Å². The molecule has 1 aromatic heterocycles. The summed E-state index contributed by atoms with van der Waals surface area (Å²) in [5.41, 5.74) is 1.68. The van der Waals surface area contributed by atoms with Crippen molar-refractivity contribution >= 4 is 47.0 Å². The van der Waals surface area contributed by atoms with E-state index in [0.717, 1.165) is 42.7 Å². The summed E-state index contributed by atoms with van der Waals surface area (Å²) < 4.78 is 13.8. The minimum absolute atomic E-state index is 0. The zero-order chi connectivity index (χ0) is 18.2. The number of nitrogens with zero attached hydrogens (tertiary/aromatic N) is 4. The second-order valence-corrected chi connectivity index (χ2v) is 6.98. The number of benzene rings is 1. The number of rotatable bonds is 7. The van der Waals surface area contributed by atoms with Gasteiger partial charge in [-0.1, -0.05) is 12.1 Å². The Kier molecular flexibility index (Phi) is 9.85. The van der Waals surface area contributed by atoms with Crippen LogP contribution in [0.15, 0.2) is 34.6 Å². The van der Waals surface area contributed by atoms with Gasteiger partial charge < -0.3 is 15.1 Å². The number of thiazole rings is 1. The molecule has 2 rings (SSSR count). The number of nitrogens with one attached hydrogen (secondary N) is 1. The molecular weight excluding hydrogens is 464 g/mol. The van der Waals surface area contributed by atoms with Crippen molar-refractivity contribution in [1.82, 2.24) is 15.2 Å². The summed E-state index contributed by atoms with van der Waals surface area (Å²) in [4.78, 5) is 12.8. The summed E-state index contributed by atoms with van der Waals surface area (Å²) in [7, 11) is 5.68. The van der Waals surface area contributed by atoms with Crippen LogP contribution >= 0.6 is 35.3 Å². The van der Waals surface area contributed by atoms with E-state index in [0.29, 0.717) is 5.69 Å². The predicted octanol–water partition coefficient (Wildman–Crippen LogP) is 3.74. The van der Waals surface area contributed by atoms with Gasteiger partial charge in [0.25, 0.3) is 0 Å². The van der Waals surface area contributed by atoms with E-state index in [-0.39, 0.29) is 29.8 Å². The Morgan fingerprint density at radius 3 is 2.65 bits per heavy atom. The summed E-state index contributed by atoms with van der Waals surface area (Å²) >= 11 is 1.66. The molecule has 0 unspecified atom stereocenters. The lowest BCUT2D eigenvalue weighted by Crippen LogP contribution is -2.39. The normalized spacial score (nSPS) is 11.0. The number of guanidine groups is 1. The Morgan fingerprint density at radius 1 is 1.31 bits per heavy atom. The van der Waals surface area contributed by atoms with Crippen molar-refractivity contribution in [2.75, 3.05) is 39.1 Å². The van der Waals surface area contributed by atoms with E-state index < -0.39 is 0 Å². The highest BCUT2D eigenvalue weighted by molar-refractivity contribution is 14.0. The van der Waals surface area contributed by atoms with Gasteiger partial charge in [0, 0.05) is 39.6 Å². The molecule has 0 amide bonds. The SMILES string of the molecule is CN=C(NCCCN(C)c1ccccc1F)N(C)Cc1csc(C)n1.I. The lowest BCUT2D eigenvalue weighted by atomic mass is 10.2. The van der Waals surface area contributed by atoms with Crippen LogP contribution in [0.5, 0.6) is 0 Å². The minimum Gasteiger partial charge on any atom is -0.372 e. The number of para-hydroxylation sites is 1. The van der Waals surface area contributed by atoms with Gasteiger partial charge in [-0.05, 0) is 25.5 Å². The molecule has 144 valence electrons. The number of aromatic nitrogens is 1. The second kappa shape index (κ2) is 11.3. The fourth-order valence-electron chi connectivity index (χ4n) is 2.58. The number of aliphatic imine (C=N–C) groups is 1. The van der Waals surface area contributed by atoms with Gasteiger partial charge in [0.2, 0.25) is 0 Å². The molecular formula is C18H27FIN5S. The molecule has 0 radical (unpaired) electrons. The van der Waals surface area contributed by atoms with Crippen LogP contribution in [0.1, 0.15) is 17.1 Å². The number of hydrogen-bond acceptors (Lipinski definition) is 4. The molecule has 1 aromatic carbocycles. The zero-order valence-electron chi connectivity index (χ0n) is 15.7. The van der Waals surface area contributed by atoms with Gasteiger partial charge in [0.05, 0.1) is 22.9 Å². The number of halogens is 2. The molecule has 1 heterocycles. The van der Waals surface area contributed by atoms with Gasteiger partial charge in [-0.3, -0.25) is 4.99 Å². The molecule has 0 saturated heterocycles. The topological polar surface area (TPSA) is 43.8 Å². The third-order valence-corrected chi connectivity index (χ3v) is 4.68. The predicted molar refractivity (Wildman–Crippen MR) is 119 cm³/mol. The Hall–Kier alpha value is -1.42. The molecule has 0 fully saturated rings. The average molecular weight is 491 g/mol. The quantitative estimate of drug-likeness (QED) is 0.278. The summed E-state index contributed by atoms with van der Waals surface area (Å²) in [5.74, 6) is 0.645. The monoisotopic (exact) mass is 491 g/mol. The van der Waals surface area contributed by atoms with E-state index in [1.807, 2.05) is 32.0 Å². The first-order valence-electron chi connectivity index (χ1n) is 8.29. The van der Waals surface area contributed by atoms with Crippen LogP contribution in [0, 0.1) is 12.7 Å². The van der Waals surface area contributed by atoms with Crippen molar-refractivity contribution in [3.8, 4) is 0 Å². The van der Waals surface area contributed by atoms with Gasteiger partial charge in [-0.2, -0.15) is 0 Å². The molecule has 2 aromatic rings. The molecule has 1 N–H and O–H groups in total. The van der Waals surface area contributed by atoms with Gasteiger partial charge in [0.15, 0.2) is 5.96 Å². The maximum Gasteiger partial charge on any atom is 0.193 e. The maximum absolute atomic E-state index is 13.8. The fourth-order valence-corrected chi connectivity index (χ4v) is 3.19. The second-order valence-electron chi connectivity index (χ2n) is 5.91. The summed E-state index contributed by atoms with van der Waals surface area (Å²) in [6, 6.07) is 6.84. The standard InChI is InChI=1S/C18H26FN5S.HI/c1-14-22-15(13-25-14)12-24(4)18(20-2)21-10-7-11-23(3)17-9-6-5-8-16(17)19;/h5-6,8-9,13H,7,10-12H2,1-4H3,(H,20,21);1H. The molecule has 0 spiro atoms. The number of aryl methyl sites for hydroxylation is 1. The smallest absolute Gasteiger partial charge is 0.193 e. The lowest BCUT2D eigenvalue weighted by Gasteiger charge is -2.23. The van der Waals surface area contributed by atoms with Crippen LogP contribution < -0.4 is 10.2 Å². The highest BCUT2D eigenvalue weighted by Gasteiger charge is 2.09. The Morgan fingerprint density at radius 2 is 2.04 bits per heavy atom. The van der Waals surface area contributed by atoms with Crippen LogP contribution in [-0.4, -0.2) is 50.1 Å². The van der Waals surface area contributed by atoms with Crippen LogP contribution in [-0.2, 0) is 6.54 Å². The first-order valence-corrected chi connectivity index (χ1v) is 9.17. The zero-order valence-corrected chi connectivity index (χ0v) is 18.8. The van der Waals surface area contributed by atoms with Crippen molar-refractivity contribution < 1.29 is 4.39 Å². The molecule has 26 heavy (non-hydrogen) atoms. The van der Waals surface area contributed by atoms with Crippen LogP contribution in [0.2, 0.25) is 0 Å². The van der Waals surface area contributed by atoms with Gasteiger partial charge in [-0.15, -0.1) is 35.3 Å². The summed E-state index contributed by atoms with van der Waals surface area (Å²) in [6.07, 6.45) is 0.882. The molecule has 0 atom stereocenters. The van der Waals surface area contributed by atoms with E-state index in [1.54, 1.807) is 30.5 Å². The molecule has 8 heteroatoms. The highest BCUT2D eigenvalue weighted by atomic mass is 127. The average Bonchev–Trinajstić information content (AvgIpc) is 2.99. The molecule has 5 nitrogen and oxygen atoms in total. The van der Waals surface area contributed by atoms with Gasteiger partial charge in [0.1, 0.15) is 5.82 Å². The Bertz CT molecular complexity index is 706. The van der Waals surface area contributed by atoms with E-state index in [4.69, 9.17) is 0 Å². The Labute approximate surface area is 176 Å². The lowest BCUT2D eigenvalue weighted by molar-refractivity contribution is 0.470. The number of hydrogen-bond donors (Lipinski definition) is 1. The molecule has 0 saturated carbocycles. The van der Waals surface area contributed by atoms with Crippen molar-refractivity contribution in [3.05, 3.63) is 46.2 Å². The van der Waals surface area contributed by atoms with Crippen molar-refractivity contribution in [1.29, 1.82) is 0 Å². The van der Waals surface area contributed by atoms with Crippen LogP contribution in [0.4, 0.5) is 10.1 Å². The number of anilines is 1. The minimum atomic E-state index is -0.188.